The highest BCUT2D eigenvalue weighted by molar-refractivity contribution is 9.10. The van der Waals surface area contributed by atoms with Crippen LogP contribution in [-0.2, 0) is 6.54 Å². The van der Waals surface area contributed by atoms with Gasteiger partial charge in [-0.25, -0.2) is 4.68 Å². The second kappa shape index (κ2) is 5.08. The third-order valence-corrected chi connectivity index (χ3v) is 3.29. The molecule has 4 nitrogen and oxygen atoms in total. The van der Waals surface area contributed by atoms with E-state index in [1.54, 1.807) is 23.9 Å². The molecule has 17 heavy (non-hydrogen) atoms. The SMILES string of the molecule is COc1ccc(-n2cc(Br)c(CN)n2)cc1Cl. The molecule has 2 N–H and O–H groups in total. The predicted octanol–water partition coefficient (Wildman–Crippen LogP) is 2.76. The van der Waals surface area contributed by atoms with Gasteiger partial charge in [0.2, 0.25) is 0 Å². The molecule has 0 radical (unpaired) electrons. The van der Waals surface area contributed by atoms with Crippen LogP contribution in [0.25, 0.3) is 5.69 Å². The maximum absolute atomic E-state index is 6.06. The fourth-order valence-electron chi connectivity index (χ4n) is 1.46. The minimum Gasteiger partial charge on any atom is -0.495 e. The van der Waals surface area contributed by atoms with Crippen LogP contribution in [0.4, 0.5) is 0 Å². The van der Waals surface area contributed by atoms with Gasteiger partial charge in [-0.2, -0.15) is 5.10 Å². The Hall–Kier alpha value is -1.04. The number of nitrogens with zero attached hydrogens (tertiary/aromatic N) is 2. The Kier molecular flexibility index (Phi) is 3.71. The van der Waals surface area contributed by atoms with Gasteiger partial charge < -0.3 is 10.5 Å². The van der Waals surface area contributed by atoms with E-state index >= 15 is 0 Å². The maximum Gasteiger partial charge on any atom is 0.137 e. The Balaban J connectivity index is 2.42. The zero-order chi connectivity index (χ0) is 12.4. The number of halogens is 2. The molecule has 0 aliphatic carbocycles. The van der Waals surface area contributed by atoms with Crippen LogP contribution >= 0.6 is 27.5 Å². The molecule has 0 bridgehead atoms. The van der Waals surface area contributed by atoms with Gasteiger partial charge in [0.05, 0.1) is 28.0 Å². The molecule has 0 saturated heterocycles. The molecule has 0 fully saturated rings. The Morgan fingerprint density at radius 3 is 2.82 bits per heavy atom. The summed E-state index contributed by atoms with van der Waals surface area (Å²) in [5.74, 6) is 0.640. The van der Waals surface area contributed by atoms with E-state index in [4.69, 9.17) is 22.1 Å². The molecule has 0 aliphatic rings. The quantitative estimate of drug-likeness (QED) is 0.947. The monoisotopic (exact) mass is 315 g/mol. The summed E-state index contributed by atoms with van der Waals surface area (Å²) in [6.45, 7) is 0.386. The molecule has 2 aromatic rings. The zero-order valence-electron chi connectivity index (χ0n) is 9.15. The molecule has 6 heteroatoms. The summed E-state index contributed by atoms with van der Waals surface area (Å²) in [5, 5.41) is 4.89. The van der Waals surface area contributed by atoms with Gasteiger partial charge in [-0.15, -0.1) is 0 Å². The van der Waals surface area contributed by atoms with E-state index in [0.717, 1.165) is 15.9 Å². The molecule has 2 rings (SSSR count). The van der Waals surface area contributed by atoms with E-state index in [9.17, 15) is 0 Å². The number of methoxy groups -OCH3 is 1. The highest BCUT2D eigenvalue weighted by Gasteiger charge is 2.08. The first-order valence-electron chi connectivity index (χ1n) is 4.93. The van der Waals surface area contributed by atoms with Gasteiger partial charge in [-0.05, 0) is 34.1 Å². The fourth-order valence-corrected chi connectivity index (χ4v) is 2.14. The smallest absolute Gasteiger partial charge is 0.137 e. The lowest BCUT2D eigenvalue weighted by atomic mass is 10.3. The summed E-state index contributed by atoms with van der Waals surface area (Å²) < 4.78 is 7.70. The van der Waals surface area contributed by atoms with Gasteiger partial charge in [-0.3, -0.25) is 0 Å². The van der Waals surface area contributed by atoms with Crippen molar-refractivity contribution in [2.45, 2.75) is 6.54 Å². The highest BCUT2D eigenvalue weighted by atomic mass is 79.9. The van der Waals surface area contributed by atoms with Crippen LogP contribution in [0.5, 0.6) is 5.75 Å². The van der Waals surface area contributed by atoms with E-state index in [1.807, 2.05) is 12.3 Å². The average Bonchev–Trinajstić information content (AvgIpc) is 2.70. The van der Waals surface area contributed by atoms with Crippen molar-refractivity contribution in [2.75, 3.05) is 7.11 Å². The summed E-state index contributed by atoms with van der Waals surface area (Å²) in [5.41, 5.74) is 7.23. The van der Waals surface area contributed by atoms with Crippen LogP contribution in [0, 0.1) is 0 Å². The van der Waals surface area contributed by atoms with Crippen LogP contribution in [0.3, 0.4) is 0 Å². The molecule has 90 valence electrons. The third-order valence-electron chi connectivity index (χ3n) is 2.33. The normalized spacial score (nSPS) is 10.6. The molecule has 0 amide bonds. The molecule has 0 spiro atoms. The highest BCUT2D eigenvalue weighted by Crippen LogP contribution is 2.27. The molecule has 1 heterocycles. The number of rotatable bonds is 3. The second-order valence-electron chi connectivity index (χ2n) is 3.39. The van der Waals surface area contributed by atoms with Gasteiger partial charge >= 0.3 is 0 Å². The van der Waals surface area contributed by atoms with Crippen LogP contribution in [0.2, 0.25) is 5.02 Å². The van der Waals surface area contributed by atoms with Crippen LogP contribution < -0.4 is 10.5 Å². The van der Waals surface area contributed by atoms with Crippen LogP contribution in [-0.4, -0.2) is 16.9 Å². The predicted molar refractivity (Wildman–Crippen MR) is 70.7 cm³/mol. The number of benzene rings is 1. The van der Waals surface area contributed by atoms with Crippen molar-refractivity contribution in [3.63, 3.8) is 0 Å². The van der Waals surface area contributed by atoms with Gasteiger partial charge in [-0.1, -0.05) is 11.6 Å². The van der Waals surface area contributed by atoms with Crippen molar-refractivity contribution >= 4 is 27.5 Å². The number of nitrogens with two attached hydrogens (primary N) is 1. The summed E-state index contributed by atoms with van der Waals surface area (Å²) in [4.78, 5) is 0. The first-order chi connectivity index (χ1) is 8.15. The van der Waals surface area contributed by atoms with Gasteiger partial charge in [0.1, 0.15) is 5.75 Å². The standard InChI is InChI=1S/C11H11BrClN3O/c1-17-11-3-2-7(4-9(11)13)16-6-8(12)10(5-14)15-16/h2-4,6H,5,14H2,1H3. The molecule has 0 saturated carbocycles. The fraction of sp³-hybridized carbons (Fsp3) is 0.182. The van der Waals surface area contributed by atoms with Crippen molar-refractivity contribution in [1.29, 1.82) is 0 Å². The largest absolute Gasteiger partial charge is 0.495 e. The van der Waals surface area contributed by atoms with E-state index < -0.39 is 0 Å². The maximum atomic E-state index is 6.06. The van der Waals surface area contributed by atoms with Crippen molar-refractivity contribution in [3.05, 3.63) is 39.6 Å². The van der Waals surface area contributed by atoms with Gasteiger partial charge in [0, 0.05) is 12.7 Å². The summed E-state index contributed by atoms with van der Waals surface area (Å²) in [6.07, 6.45) is 1.85. The average molecular weight is 317 g/mol. The lowest BCUT2D eigenvalue weighted by Gasteiger charge is -2.05. The summed E-state index contributed by atoms with van der Waals surface area (Å²) in [7, 11) is 1.58. The van der Waals surface area contributed by atoms with Crippen molar-refractivity contribution in [3.8, 4) is 11.4 Å². The number of ether oxygens (including phenoxy) is 1. The third kappa shape index (κ3) is 2.46. The molecular formula is C11H11BrClN3O. The molecule has 0 atom stereocenters. The molecule has 1 aromatic carbocycles. The number of aromatic nitrogens is 2. The minimum absolute atomic E-state index is 0.386. The topological polar surface area (TPSA) is 53.1 Å². The van der Waals surface area contributed by atoms with Crippen LogP contribution in [0.1, 0.15) is 5.69 Å². The molecule has 0 unspecified atom stereocenters. The van der Waals surface area contributed by atoms with Gasteiger partial charge in [0.15, 0.2) is 0 Å². The van der Waals surface area contributed by atoms with Crippen molar-refractivity contribution < 1.29 is 4.74 Å². The van der Waals surface area contributed by atoms with Crippen molar-refractivity contribution in [2.24, 2.45) is 5.73 Å². The summed E-state index contributed by atoms with van der Waals surface area (Å²) in [6, 6.07) is 5.47. The lowest BCUT2D eigenvalue weighted by Crippen LogP contribution is -2.00. The molecule has 0 aliphatic heterocycles. The Morgan fingerprint density at radius 2 is 2.29 bits per heavy atom. The lowest BCUT2D eigenvalue weighted by molar-refractivity contribution is 0.415. The Morgan fingerprint density at radius 1 is 1.53 bits per heavy atom. The Labute approximate surface area is 112 Å². The van der Waals surface area contributed by atoms with Gasteiger partial charge in [0.25, 0.3) is 0 Å². The molecular weight excluding hydrogens is 305 g/mol. The molecule has 1 aromatic heterocycles. The van der Waals surface area contributed by atoms with Crippen LogP contribution in [0.15, 0.2) is 28.9 Å². The second-order valence-corrected chi connectivity index (χ2v) is 4.65. The Bertz CT molecular complexity index is 542. The number of hydrogen-bond donors (Lipinski definition) is 1. The van der Waals surface area contributed by atoms with E-state index in [2.05, 4.69) is 21.0 Å². The zero-order valence-corrected chi connectivity index (χ0v) is 11.5. The number of hydrogen-bond acceptors (Lipinski definition) is 3. The summed E-state index contributed by atoms with van der Waals surface area (Å²) >= 11 is 9.46. The van der Waals surface area contributed by atoms with E-state index in [0.29, 0.717) is 17.3 Å². The first kappa shape index (κ1) is 12.4. The van der Waals surface area contributed by atoms with E-state index in [1.165, 1.54) is 0 Å². The minimum atomic E-state index is 0.386. The van der Waals surface area contributed by atoms with Crippen molar-refractivity contribution in [1.82, 2.24) is 9.78 Å². The first-order valence-corrected chi connectivity index (χ1v) is 6.11. The van der Waals surface area contributed by atoms with E-state index in [-0.39, 0.29) is 0 Å².